The molecule has 1 rings (SSSR count). The first-order valence-corrected chi connectivity index (χ1v) is 5.76. The number of nitrogens with zero attached hydrogens (tertiary/aromatic N) is 1. The highest BCUT2D eigenvalue weighted by molar-refractivity contribution is 5.97. The molecule has 0 saturated carbocycles. The average molecular weight is 249 g/mol. The van der Waals surface area contributed by atoms with E-state index in [4.69, 9.17) is 4.74 Å². The first kappa shape index (κ1) is 14.2. The summed E-state index contributed by atoms with van der Waals surface area (Å²) in [6, 6.07) is 6.54. The summed E-state index contributed by atoms with van der Waals surface area (Å²) in [5.74, 6) is -0.559. The van der Waals surface area contributed by atoms with Crippen LogP contribution < -0.4 is 0 Å². The Morgan fingerprint density at radius 1 is 1.11 bits per heavy atom. The third-order valence-corrected chi connectivity index (χ3v) is 2.15. The van der Waals surface area contributed by atoms with Gasteiger partial charge in [-0.1, -0.05) is 6.07 Å². The average Bonchev–Trinajstić information content (AvgIpc) is 2.25. The molecule has 0 aliphatic rings. The molecule has 1 amide bonds. The Morgan fingerprint density at radius 3 is 2.17 bits per heavy atom. The Balaban J connectivity index is 2.96. The molecule has 18 heavy (non-hydrogen) atoms. The fourth-order valence-corrected chi connectivity index (χ4v) is 1.37. The maximum absolute atomic E-state index is 11.9. The third kappa shape index (κ3) is 3.87. The number of carbonyl (C=O) groups is 2. The van der Waals surface area contributed by atoms with Crippen molar-refractivity contribution >= 4 is 11.9 Å². The van der Waals surface area contributed by atoms with Gasteiger partial charge in [0, 0.05) is 19.7 Å². The SMILES string of the molecule is CN(C)C(=O)c1cccc(C(=O)OC(C)(C)C)c1. The summed E-state index contributed by atoms with van der Waals surface area (Å²) >= 11 is 0. The molecule has 0 aliphatic carbocycles. The van der Waals surface area contributed by atoms with Crippen molar-refractivity contribution in [1.82, 2.24) is 4.90 Å². The number of carbonyl (C=O) groups excluding carboxylic acids is 2. The molecule has 0 spiro atoms. The van der Waals surface area contributed by atoms with Crippen molar-refractivity contribution in [2.45, 2.75) is 26.4 Å². The molecule has 0 atom stereocenters. The van der Waals surface area contributed by atoms with Gasteiger partial charge in [0.1, 0.15) is 5.60 Å². The fraction of sp³-hybridized carbons (Fsp3) is 0.429. The number of amides is 1. The minimum absolute atomic E-state index is 0.139. The molecule has 4 nitrogen and oxygen atoms in total. The van der Waals surface area contributed by atoms with Crippen LogP contribution in [0.15, 0.2) is 24.3 Å². The summed E-state index contributed by atoms with van der Waals surface area (Å²) in [6.45, 7) is 5.42. The quantitative estimate of drug-likeness (QED) is 0.756. The molecular weight excluding hydrogens is 230 g/mol. The van der Waals surface area contributed by atoms with Crippen molar-refractivity contribution in [2.24, 2.45) is 0 Å². The van der Waals surface area contributed by atoms with Gasteiger partial charge in [0.2, 0.25) is 0 Å². The van der Waals surface area contributed by atoms with Crippen molar-refractivity contribution in [1.29, 1.82) is 0 Å². The van der Waals surface area contributed by atoms with Gasteiger partial charge < -0.3 is 9.64 Å². The number of ether oxygens (including phenoxy) is 1. The Labute approximate surface area is 108 Å². The zero-order chi connectivity index (χ0) is 13.9. The van der Waals surface area contributed by atoms with E-state index in [1.807, 2.05) is 0 Å². The van der Waals surface area contributed by atoms with Gasteiger partial charge in [0.15, 0.2) is 0 Å². The summed E-state index contributed by atoms with van der Waals surface area (Å²) in [5, 5.41) is 0. The van der Waals surface area contributed by atoms with Crippen LogP contribution in [0.3, 0.4) is 0 Å². The molecule has 4 heteroatoms. The van der Waals surface area contributed by atoms with Gasteiger partial charge in [-0.05, 0) is 39.0 Å². The molecular formula is C14H19NO3. The van der Waals surface area contributed by atoms with Crippen LogP contribution in [-0.4, -0.2) is 36.5 Å². The predicted octanol–water partition coefficient (Wildman–Crippen LogP) is 2.34. The molecule has 0 heterocycles. The van der Waals surface area contributed by atoms with E-state index >= 15 is 0 Å². The van der Waals surface area contributed by atoms with Crippen molar-refractivity contribution in [3.8, 4) is 0 Å². The maximum atomic E-state index is 11.9. The molecule has 0 aromatic heterocycles. The summed E-state index contributed by atoms with van der Waals surface area (Å²) < 4.78 is 5.26. The second-order valence-corrected chi connectivity index (χ2v) is 5.28. The van der Waals surface area contributed by atoms with Crippen molar-refractivity contribution in [2.75, 3.05) is 14.1 Å². The zero-order valence-corrected chi connectivity index (χ0v) is 11.5. The number of esters is 1. The summed E-state index contributed by atoms with van der Waals surface area (Å²) in [7, 11) is 3.34. The Bertz CT molecular complexity index is 458. The molecule has 0 aliphatic heterocycles. The lowest BCUT2D eigenvalue weighted by Crippen LogP contribution is -2.25. The number of hydrogen-bond donors (Lipinski definition) is 0. The lowest BCUT2D eigenvalue weighted by molar-refractivity contribution is 0.00695. The molecule has 0 fully saturated rings. The van der Waals surface area contributed by atoms with E-state index in [1.54, 1.807) is 59.1 Å². The highest BCUT2D eigenvalue weighted by Crippen LogP contribution is 2.14. The first-order chi connectivity index (χ1) is 8.20. The predicted molar refractivity (Wildman–Crippen MR) is 69.6 cm³/mol. The van der Waals surface area contributed by atoms with Gasteiger partial charge in [-0.3, -0.25) is 4.79 Å². The van der Waals surface area contributed by atoms with Crippen molar-refractivity contribution in [3.05, 3.63) is 35.4 Å². The van der Waals surface area contributed by atoms with Crippen LogP contribution in [-0.2, 0) is 4.74 Å². The molecule has 0 bridgehead atoms. The van der Waals surface area contributed by atoms with Crippen molar-refractivity contribution < 1.29 is 14.3 Å². The largest absolute Gasteiger partial charge is 0.456 e. The third-order valence-electron chi connectivity index (χ3n) is 2.15. The molecule has 98 valence electrons. The van der Waals surface area contributed by atoms with Crippen LogP contribution in [0.5, 0.6) is 0 Å². The first-order valence-electron chi connectivity index (χ1n) is 5.76. The Morgan fingerprint density at radius 2 is 1.67 bits per heavy atom. The normalized spacial score (nSPS) is 10.9. The smallest absolute Gasteiger partial charge is 0.338 e. The van der Waals surface area contributed by atoms with E-state index in [9.17, 15) is 9.59 Å². The lowest BCUT2D eigenvalue weighted by Gasteiger charge is -2.19. The van der Waals surface area contributed by atoms with E-state index < -0.39 is 11.6 Å². The second kappa shape index (κ2) is 5.21. The fourth-order valence-electron chi connectivity index (χ4n) is 1.37. The molecule has 0 unspecified atom stereocenters. The van der Waals surface area contributed by atoms with E-state index in [-0.39, 0.29) is 5.91 Å². The van der Waals surface area contributed by atoms with Crippen LogP contribution >= 0.6 is 0 Å². The van der Waals surface area contributed by atoms with E-state index in [0.717, 1.165) is 0 Å². The van der Waals surface area contributed by atoms with Gasteiger partial charge >= 0.3 is 5.97 Å². The summed E-state index contributed by atoms with van der Waals surface area (Å²) in [6.07, 6.45) is 0. The highest BCUT2D eigenvalue weighted by Gasteiger charge is 2.19. The molecule has 0 N–H and O–H groups in total. The zero-order valence-electron chi connectivity index (χ0n) is 11.5. The van der Waals surface area contributed by atoms with Gasteiger partial charge in [-0.25, -0.2) is 4.79 Å². The maximum Gasteiger partial charge on any atom is 0.338 e. The van der Waals surface area contributed by atoms with Crippen LogP contribution in [0.4, 0.5) is 0 Å². The molecule has 0 radical (unpaired) electrons. The standard InChI is InChI=1S/C14H19NO3/c1-14(2,3)18-13(17)11-8-6-7-10(9-11)12(16)15(4)5/h6-9H,1-5H3. The topological polar surface area (TPSA) is 46.6 Å². The van der Waals surface area contributed by atoms with Gasteiger partial charge in [-0.15, -0.1) is 0 Å². The minimum atomic E-state index is -0.543. The number of rotatable bonds is 2. The van der Waals surface area contributed by atoms with Crippen molar-refractivity contribution in [3.63, 3.8) is 0 Å². The van der Waals surface area contributed by atoms with Crippen LogP contribution in [0.25, 0.3) is 0 Å². The van der Waals surface area contributed by atoms with Gasteiger partial charge in [0.05, 0.1) is 5.56 Å². The monoisotopic (exact) mass is 249 g/mol. The Hall–Kier alpha value is -1.84. The summed E-state index contributed by atoms with van der Waals surface area (Å²) in [5.41, 5.74) is 0.319. The molecule has 1 aromatic carbocycles. The van der Waals surface area contributed by atoms with E-state index in [0.29, 0.717) is 11.1 Å². The summed E-state index contributed by atoms with van der Waals surface area (Å²) in [4.78, 5) is 25.1. The molecule has 0 saturated heterocycles. The van der Waals surface area contributed by atoms with Gasteiger partial charge in [0.25, 0.3) is 5.91 Å². The highest BCUT2D eigenvalue weighted by atomic mass is 16.6. The van der Waals surface area contributed by atoms with Crippen LogP contribution in [0.2, 0.25) is 0 Å². The number of benzene rings is 1. The van der Waals surface area contributed by atoms with E-state index in [1.165, 1.54) is 4.90 Å². The van der Waals surface area contributed by atoms with E-state index in [2.05, 4.69) is 0 Å². The van der Waals surface area contributed by atoms with Crippen LogP contribution in [0, 0.1) is 0 Å². The second-order valence-electron chi connectivity index (χ2n) is 5.28. The Kier molecular flexibility index (Phi) is 4.11. The number of hydrogen-bond acceptors (Lipinski definition) is 3. The minimum Gasteiger partial charge on any atom is -0.456 e. The molecule has 1 aromatic rings. The van der Waals surface area contributed by atoms with Gasteiger partial charge in [-0.2, -0.15) is 0 Å². The lowest BCUT2D eigenvalue weighted by atomic mass is 10.1. The van der Waals surface area contributed by atoms with Crippen LogP contribution in [0.1, 0.15) is 41.5 Å².